The van der Waals surface area contributed by atoms with Crippen LogP contribution in [0.1, 0.15) is 17.3 Å². The van der Waals surface area contributed by atoms with Gasteiger partial charge in [0.1, 0.15) is 6.04 Å². The molecule has 130 valence electrons. The van der Waals surface area contributed by atoms with Crippen molar-refractivity contribution in [2.24, 2.45) is 0 Å². The standard InChI is InChI=1S/C19H16N4O3/c1-11-18(25)23(19(26)21-11)15-8-3-2-7-14(15)22-17(24)13-6-4-5-12-9-10-20-16(12)13/h2-11,20H,1H3,(H,21,26)(H,22,24). The minimum absolute atomic E-state index is 0.328. The first-order valence-electron chi connectivity index (χ1n) is 8.17. The van der Waals surface area contributed by atoms with Gasteiger partial charge in [-0.2, -0.15) is 0 Å². The fourth-order valence-corrected chi connectivity index (χ4v) is 3.07. The SMILES string of the molecule is CC1NC(=O)N(c2ccccc2NC(=O)c2cccc3cc[nH]c23)C1=O. The van der Waals surface area contributed by atoms with E-state index in [1.54, 1.807) is 49.5 Å². The number of nitrogens with zero attached hydrogens (tertiary/aromatic N) is 1. The van der Waals surface area contributed by atoms with E-state index in [0.717, 1.165) is 15.8 Å². The molecule has 0 radical (unpaired) electrons. The summed E-state index contributed by atoms with van der Waals surface area (Å²) in [5.41, 5.74) is 1.93. The molecule has 0 spiro atoms. The third kappa shape index (κ3) is 2.50. The Morgan fingerprint density at radius 2 is 1.88 bits per heavy atom. The van der Waals surface area contributed by atoms with Crippen molar-refractivity contribution in [2.75, 3.05) is 10.2 Å². The van der Waals surface area contributed by atoms with Gasteiger partial charge >= 0.3 is 6.03 Å². The summed E-state index contributed by atoms with van der Waals surface area (Å²) in [5.74, 6) is -0.686. The smallest absolute Gasteiger partial charge is 0.329 e. The van der Waals surface area contributed by atoms with E-state index in [9.17, 15) is 14.4 Å². The Labute approximate surface area is 149 Å². The van der Waals surface area contributed by atoms with Crippen molar-refractivity contribution in [3.05, 3.63) is 60.3 Å². The quantitative estimate of drug-likeness (QED) is 0.635. The van der Waals surface area contributed by atoms with Crippen LogP contribution in [0, 0.1) is 0 Å². The minimum atomic E-state index is -0.598. The molecule has 7 nitrogen and oxygen atoms in total. The second kappa shape index (κ2) is 6.03. The Kier molecular flexibility index (Phi) is 3.69. The van der Waals surface area contributed by atoms with Gasteiger partial charge in [0.05, 0.1) is 22.5 Å². The number of anilines is 2. The zero-order valence-corrected chi connectivity index (χ0v) is 13.9. The second-order valence-corrected chi connectivity index (χ2v) is 6.06. The van der Waals surface area contributed by atoms with Gasteiger partial charge in [-0.1, -0.05) is 24.3 Å². The number of rotatable bonds is 3. The number of carbonyl (C=O) groups excluding carboxylic acids is 3. The van der Waals surface area contributed by atoms with Gasteiger partial charge in [-0.05, 0) is 31.2 Å². The first-order chi connectivity index (χ1) is 12.6. The van der Waals surface area contributed by atoms with Gasteiger partial charge in [0.2, 0.25) is 0 Å². The summed E-state index contributed by atoms with van der Waals surface area (Å²) in [5, 5.41) is 6.30. The number of amides is 4. The van der Waals surface area contributed by atoms with Crippen LogP contribution < -0.4 is 15.5 Å². The molecule has 3 N–H and O–H groups in total. The molecule has 1 aromatic heterocycles. The number of imide groups is 1. The highest BCUT2D eigenvalue weighted by molar-refractivity contribution is 6.23. The molecular formula is C19H16N4O3. The van der Waals surface area contributed by atoms with E-state index in [1.165, 1.54) is 0 Å². The molecule has 1 unspecified atom stereocenters. The van der Waals surface area contributed by atoms with Crippen LogP contribution in [0.25, 0.3) is 10.9 Å². The Morgan fingerprint density at radius 1 is 1.08 bits per heavy atom. The molecular weight excluding hydrogens is 332 g/mol. The zero-order valence-electron chi connectivity index (χ0n) is 13.9. The monoisotopic (exact) mass is 348 g/mol. The van der Waals surface area contributed by atoms with Crippen molar-refractivity contribution in [1.82, 2.24) is 10.3 Å². The molecule has 0 bridgehead atoms. The maximum atomic E-state index is 12.8. The van der Waals surface area contributed by atoms with Crippen LogP contribution in [-0.4, -0.2) is 28.9 Å². The van der Waals surface area contributed by atoms with Gasteiger partial charge in [0, 0.05) is 11.6 Å². The molecule has 4 rings (SSSR count). The lowest BCUT2D eigenvalue weighted by atomic mass is 10.1. The van der Waals surface area contributed by atoms with E-state index in [0.29, 0.717) is 16.9 Å². The second-order valence-electron chi connectivity index (χ2n) is 6.06. The molecule has 1 aliphatic rings. The van der Waals surface area contributed by atoms with E-state index in [4.69, 9.17) is 0 Å². The third-order valence-electron chi connectivity index (χ3n) is 4.36. The minimum Gasteiger partial charge on any atom is -0.361 e. The molecule has 0 aliphatic carbocycles. The van der Waals surface area contributed by atoms with Crippen molar-refractivity contribution in [1.29, 1.82) is 0 Å². The number of nitrogens with one attached hydrogen (secondary N) is 3. The van der Waals surface area contributed by atoms with Gasteiger partial charge in [-0.3, -0.25) is 9.59 Å². The average molecular weight is 348 g/mol. The lowest BCUT2D eigenvalue weighted by molar-refractivity contribution is -0.117. The predicted octanol–water partition coefficient (Wildman–Crippen LogP) is 2.86. The number of para-hydroxylation sites is 3. The number of urea groups is 1. The Balaban J connectivity index is 1.70. The number of hydrogen-bond acceptors (Lipinski definition) is 3. The van der Waals surface area contributed by atoms with Crippen LogP contribution in [0.15, 0.2) is 54.7 Å². The summed E-state index contributed by atoms with van der Waals surface area (Å²) >= 11 is 0. The molecule has 1 aliphatic heterocycles. The fraction of sp³-hybridized carbons (Fsp3) is 0.105. The third-order valence-corrected chi connectivity index (χ3v) is 4.36. The van der Waals surface area contributed by atoms with Gasteiger partial charge < -0.3 is 15.6 Å². The number of benzene rings is 2. The van der Waals surface area contributed by atoms with Crippen LogP contribution in [0.5, 0.6) is 0 Å². The van der Waals surface area contributed by atoms with Gasteiger partial charge in [-0.25, -0.2) is 9.69 Å². The van der Waals surface area contributed by atoms with Crippen LogP contribution in [0.3, 0.4) is 0 Å². The van der Waals surface area contributed by atoms with Crippen molar-refractivity contribution >= 4 is 40.1 Å². The molecule has 3 aromatic rings. The highest BCUT2D eigenvalue weighted by atomic mass is 16.2. The number of hydrogen-bond donors (Lipinski definition) is 3. The topological polar surface area (TPSA) is 94.3 Å². The Hall–Kier alpha value is -3.61. The maximum absolute atomic E-state index is 12.8. The van der Waals surface area contributed by atoms with Crippen molar-refractivity contribution < 1.29 is 14.4 Å². The molecule has 7 heteroatoms. The maximum Gasteiger partial charge on any atom is 0.329 e. The van der Waals surface area contributed by atoms with E-state index >= 15 is 0 Å². The average Bonchev–Trinajstić information content (AvgIpc) is 3.20. The summed E-state index contributed by atoms with van der Waals surface area (Å²) in [6.07, 6.45) is 1.77. The molecule has 2 aromatic carbocycles. The largest absolute Gasteiger partial charge is 0.361 e. The molecule has 1 atom stereocenters. The van der Waals surface area contributed by atoms with E-state index < -0.39 is 12.1 Å². The number of carbonyl (C=O) groups is 3. The lowest BCUT2D eigenvalue weighted by Crippen LogP contribution is -2.32. The lowest BCUT2D eigenvalue weighted by Gasteiger charge is -2.17. The van der Waals surface area contributed by atoms with Crippen LogP contribution in [0.4, 0.5) is 16.2 Å². The normalized spacial score (nSPS) is 16.8. The Morgan fingerprint density at radius 3 is 2.65 bits per heavy atom. The summed E-state index contributed by atoms with van der Waals surface area (Å²) in [6.45, 7) is 1.62. The van der Waals surface area contributed by atoms with Crippen LogP contribution >= 0.6 is 0 Å². The van der Waals surface area contributed by atoms with Gasteiger partial charge in [0.15, 0.2) is 0 Å². The number of fused-ring (bicyclic) bond motifs is 1. The molecule has 1 saturated heterocycles. The molecule has 26 heavy (non-hydrogen) atoms. The summed E-state index contributed by atoms with van der Waals surface area (Å²) in [7, 11) is 0. The summed E-state index contributed by atoms with van der Waals surface area (Å²) < 4.78 is 0. The first kappa shape index (κ1) is 15.9. The summed E-state index contributed by atoms with van der Waals surface area (Å²) in [6, 6.07) is 12.9. The number of aromatic amines is 1. The van der Waals surface area contributed by atoms with Crippen LogP contribution in [-0.2, 0) is 4.79 Å². The molecule has 0 saturated carbocycles. The fourth-order valence-electron chi connectivity index (χ4n) is 3.07. The van der Waals surface area contributed by atoms with Gasteiger partial charge in [-0.15, -0.1) is 0 Å². The van der Waals surface area contributed by atoms with Gasteiger partial charge in [0.25, 0.3) is 11.8 Å². The van der Waals surface area contributed by atoms with Crippen molar-refractivity contribution in [3.8, 4) is 0 Å². The molecule has 4 amide bonds. The highest BCUT2D eigenvalue weighted by Crippen LogP contribution is 2.29. The zero-order chi connectivity index (χ0) is 18.3. The molecule has 1 fully saturated rings. The van der Waals surface area contributed by atoms with Crippen molar-refractivity contribution in [2.45, 2.75) is 13.0 Å². The summed E-state index contributed by atoms with van der Waals surface area (Å²) in [4.78, 5) is 41.3. The predicted molar refractivity (Wildman–Crippen MR) is 98.2 cm³/mol. The van der Waals surface area contributed by atoms with E-state index in [2.05, 4.69) is 15.6 Å². The first-order valence-corrected chi connectivity index (χ1v) is 8.17. The van der Waals surface area contributed by atoms with E-state index in [1.807, 2.05) is 12.1 Å². The number of H-pyrrole nitrogens is 1. The van der Waals surface area contributed by atoms with E-state index in [-0.39, 0.29) is 11.8 Å². The van der Waals surface area contributed by atoms with Crippen molar-refractivity contribution in [3.63, 3.8) is 0 Å². The highest BCUT2D eigenvalue weighted by Gasteiger charge is 2.37. The Bertz CT molecular complexity index is 1040. The molecule has 2 heterocycles. The number of aromatic nitrogens is 1. The van der Waals surface area contributed by atoms with Crippen LogP contribution in [0.2, 0.25) is 0 Å².